The minimum Gasteiger partial charge on any atom is -0.396 e. The van der Waals surface area contributed by atoms with E-state index in [0.717, 1.165) is 21.3 Å². The van der Waals surface area contributed by atoms with Crippen LogP contribution >= 0.6 is 11.3 Å². The van der Waals surface area contributed by atoms with Gasteiger partial charge in [0.2, 0.25) is 5.95 Å². The number of rotatable bonds is 6. The fourth-order valence-electron chi connectivity index (χ4n) is 3.88. The molecule has 2 N–H and O–H groups in total. The number of ether oxygens (including phenoxy) is 1. The number of imidazole rings is 1. The molecule has 0 spiro atoms. The van der Waals surface area contributed by atoms with E-state index in [1.165, 1.54) is 11.3 Å². The third-order valence-corrected chi connectivity index (χ3v) is 6.56. The van der Waals surface area contributed by atoms with Gasteiger partial charge < -0.3 is 19.3 Å². The van der Waals surface area contributed by atoms with Crippen molar-refractivity contribution in [2.75, 3.05) is 36.6 Å². The number of nitrogens with one attached hydrogen (secondary N) is 1. The molecule has 1 aliphatic heterocycles. The number of amides is 2. The van der Waals surface area contributed by atoms with Gasteiger partial charge in [-0.05, 0) is 42.1 Å². The van der Waals surface area contributed by atoms with Crippen LogP contribution in [0.2, 0.25) is 0 Å². The van der Waals surface area contributed by atoms with Crippen LogP contribution in [-0.2, 0) is 16.1 Å². The van der Waals surface area contributed by atoms with E-state index in [1.807, 2.05) is 53.1 Å². The SMILES string of the molecule is O=C(Nc1nc2cc(N3CCOCC3=O)ccc2n1CCCO)c1cc2ccccc2s1. The molecule has 0 saturated carbocycles. The van der Waals surface area contributed by atoms with Gasteiger partial charge in [0, 0.05) is 30.1 Å². The topological polar surface area (TPSA) is 96.7 Å². The van der Waals surface area contributed by atoms with E-state index in [9.17, 15) is 14.7 Å². The highest BCUT2D eigenvalue weighted by molar-refractivity contribution is 7.20. The van der Waals surface area contributed by atoms with Crippen molar-refractivity contribution in [1.82, 2.24) is 9.55 Å². The molecule has 3 heterocycles. The summed E-state index contributed by atoms with van der Waals surface area (Å²) in [6, 6.07) is 15.4. The molecule has 2 aromatic carbocycles. The number of benzene rings is 2. The van der Waals surface area contributed by atoms with Gasteiger partial charge in [-0.15, -0.1) is 11.3 Å². The Morgan fingerprint density at radius 2 is 2.09 bits per heavy atom. The third-order valence-electron chi connectivity index (χ3n) is 5.44. The summed E-state index contributed by atoms with van der Waals surface area (Å²) in [7, 11) is 0. The van der Waals surface area contributed by atoms with Crippen molar-refractivity contribution in [1.29, 1.82) is 0 Å². The molecule has 1 aliphatic rings. The lowest BCUT2D eigenvalue weighted by Crippen LogP contribution is -2.41. The Morgan fingerprint density at radius 1 is 1.22 bits per heavy atom. The molecule has 1 fully saturated rings. The number of hydrogen-bond acceptors (Lipinski definition) is 6. The number of carbonyl (C=O) groups is 2. The summed E-state index contributed by atoms with van der Waals surface area (Å²) in [5.74, 6) is 0.102. The van der Waals surface area contributed by atoms with Crippen molar-refractivity contribution in [2.45, 2.75) is 13.0 Å². The summed E-state index contributed by atoms with van der Waals surface area (Å²) < 4.78 is 8.15. The normalized spacial score (nSPS) is 14.4. The highest BCUT2D eigenvalue weighted by Gasteiger charge is 2.22. The largest absolute Gasteiger partial charge is 0.396 e. The van der Waals surface area contributed by atoms with Gasteiger partial charge in [0.05, 0.1) is 22.5 Å². The predicted octanol–water partition coefficient (Wildman–Crippen LogP) is 3.25. The zero-order valence-electron chi connectivity index (χ0n) is 17.3. The fraction of sp³-hybridized carbons (Fsp3) is 0.261. The Morgan fingerprint density at radius 3 is 2.91 bits per heavy atom. The number of aliphatic hydroxyl groups is 1. The molecule has 1 saturated heterocycles. The lowest BCUT2D eigenvalue weighted by atomic mass is 10.2. The summed E-state index contributed by atoms with van der Waals surface area (Å²) in [5, 5.41) is 13.3. The number of aromatic nitrogens is 2. The first-order valence-electron chi connectivity index (χ1n) is 10.4. The second kappa shape index (κ2) is 8.70. The van der Waals surface area contributed by atoms with Gasteiger partial charge in [0.1, 0.15) is 6.61 Å². The van der Waals surface area contributed by atoms with Crippen LogP contribution < -0.4 is 10.2 Å². The first-order valence-corrected chi connectivity index (χ1v) is 11.2. The number of hydrogen-bond donors (Lipinski definition) is 2. The van der Waals surface area contributed by atoms with Crippen LogP contribution in [0.15, 0.2) is 48.5 Å². The number of aryl methyl sites for hydroxylation is 1. The third kappa shape index (κ3) is 3.86. The number of aliphatic hydroxyl groups excluding tert-OH is 1. The molecule has 164 valence electrons. The molecule has 9 heteroatoms. The molecule has 32 heavy (non-hydrogen) atoms. The average Bonchev–Trinajstić information content (AvgIpc) is 3.38. The molecule has 8 nitrogen and oxygen atoms in total. The maximum atomic E-state index is 13.0. The standard InChI is InChI=1S/C23H22N4O4S/c28-10-3-8-27-18-7-6-16(26-9-11-31-14-21(26)29)13-17(18)24-23(27)25-22(30)20-12-15-4-1-2-5-19(15)32-20/h1-2,4-7,12-13,28H,3,8-11,14H2,(H,24,25,30). The van der Waals surface area contributed by atoms with E-state index in [1.54, 1.807) is 4.90 Å². The lowest BCUT2D eigenvalue weighted by molar-refractivity contribution is -0.125. The maximum Gasteiger partial charge on any atom is 0.268 e. The summed E-state index contributed by atoms with van der Waals surface area (Å²) in [6.45, 7) is 1.59. The minimum atomic E-state index is -0.227. The van der Waals surface area contributed by atoms with Gasteiger partial charge in [-0.25, -0.2) is 4.98 Å². The highest BCUT2D eigenvalue weighted by Crippen LogP contribution is 2.29. The van der Waals surface area contributed by atoms with Gasteiger partial charge in [-0.2, -0.15) is 0 Å². The van der Waals surface area contributed by atoms with Gasteiger partial charge in [-0.3, -0.25) is 14.9 Å². The van der Waals surface area contributed by atoms with Crippen molar-refractivity contribution < 1.29 is 19.4 Å². The van der Waals surface area contributed by atoms with Crippen LogP contribution in [0.1, 0.15) is 16.1 Å². The monoisotopic (exact) mass is 450 g/mol. The summed E-state index contributed by atoms with van der Waals surface area (Å²) in [4.78, 5) is 32.1. The van der Waals surface area contributed by atoms with E-state index in [2.05, 4.69) is 10.3 Å². The smallest absolute Gasteiger partial charge is 0.268 e. The second-order valence-electron chi connectivity index (χ2n) is 7.54. The summed E-state index contributed by atoms with van der Waals surface area (Å²) >= 11 is 1.43. The summed E-state index contributed by atoms with van der Waals surface area (Å²) in [5.41, 5.74) is 2.25. The van der Waals surface area contributed by atoms with E-state index in [0.29, 0.717) is 42.5 Å². The number of anilines is 2. The van der Waals surface area contributed by atoms with Crippen LogP contribution in [-0.4, -0.2) is 52.8 Å². The van der Waals surface area contributed by atoms with Crippen molar-refractivity contribution in [3.8, 4) is 0 Å². The Balaban J connectivity index is 1.48. The molecule has 0 unspecified atom stereocenters. The average molecular weight is 451 g/mol. The Bertz CT molecular complexity index is 1280. The fourth-order valence-corrected chi connectivity index (χ4v) is 4.84. The highest BCUT2D eigenvalue weighted by atomic mass is 32.1. The number of thiophene rings is 1. The van der Waals surface area contributed by atoms with Crippen LogP contribution in [0.5, 0.6) is 0 Å². The molecule has 2 amide bonds. The molecule has 0 radical (unpaired) electrons. The summed E-state index contributed by atoms with van der Waals surface area (Å²) in [6.07, 6.45) is 0.529. The predicted molar refractivity (Wildman–Crippen MR) is 124 cm³/mol. The van der Waals surface area contributed by atoms with E-state index in [4.69, 9.17) is 4.74 Å². The molecule has 0 aliphatic carbocycles. The molecule has 5 rings (SSSR count). The van der Waals surface area contributed by atoms with Gasteiger partial charge >= 0.3 is 0 Å². The number of carbonyl (C=O) groups excluding carboxylic acids is 2. The van der Waals surface area contributed by atoms with Gasteiger partial charge in [0.15, 0.2) is 0 Å². The van der Waals surface area contributed by atoms with Gasteiger partial charge in [-0.1, -0.05) is 18.2 Å². The van der Waals surface area contributed by atoms with Crippen LogP contribution in [0.3, 0.4) is 0 Å². The molecule has 0 atom stereocenters. The number of morpholine rings is 1. The maximum absolute atomic E-state index is 13.0. The van der Waals surface area contributed by atoms with Gasteiger partial charge in [0.25, 0.3) is 11.8 Å². The molecule has 4 aromatic rings. The van der Waals surface area contributed by atoms with Crippen LogP contribution in [0.25, 0.3) is 21.1 Å². The van der Waals surface area contributed by atoms with Crippen molar-refractivity contribution in [2.24, 2.45) is 0 Å². The second-order valence-corrected chi connectivity index (χ2v) is 8.62. The van der Waals surface area contributed by atoms with Crippen LogP contribution in [0, 0.1) is 0 Å². The zero-order valence-corrected chi connectivity index (χ0v) is 18.1. The number of fused-ring (bicyclic) bond motifs is 2. The Labute approximate surface area is 188 Å². The molecular formula is C23H22N4O4S. The van der Waals surface area contributed by atoms with Crippen LogP contribution in [0.4, 0.5) is 11.6 Å². The van der Waals surface area contributed by atoms with Crippen molar-refractivity contribution in [3.05, 3.63) is 53.4 Å². The van der Waals surface area contributed by atoms with Crippen molar-refractivity contribution in [3.63, 3.8) is 0 Å². The molecule has 2 aromatic heterocycles. The first kappa shape index (κ1) is 20.6. The van der Waals surface area contributed by atoms with E-state index < -0.39 is 0 Å². The van der Waals surface area contributed by atoms with E-state index in [-0.39, 0.29) is 25.0 Å². The lowest BCUT2D eigenvalue weighted by Gasteiger charge is -2.26. The minimum absolute atomic E-state index is 0.0315. The zero-order chi connectivity index (χ0) is 22.1. The Hall–Kier alpha value is -3.27. The first-order chi connectivity index (χ1) is 15.6. The van der Waals surface area contributed by atoms with E-state index >= 15 is 0 Å². The Kier molecular flexibility index (Phi) is 5.60. The number of nitrogens with zero attached hydrogens (tertiary/aromatic N) is 3. The van der Waals surface area contributed by atoms with Crippen molar-refractivity contribution >= 4 is 55.9 Å². The molecule has 0 bridgehead atoms. The molecular weight excluding hydrogens is 428 g/mol. The quantitative estimate of drug-likeness (QED) is 0.470.